The fourth-order valence-corrected chi connectivity index (χ4v) is 3.12. The molecule has 104 valence electrons. The average molecular weight is 277 g/mol. The molecule has 0 radical (unpaired) electrons. The highest BCUT2D eigenvalue weighted by Crippen LogP contribution is 2.28. The van der Waals surface area contributed by atoms with E-state index >= 15 is 0 Å². The lowest BCUT2D eigenvalue weighted by Crippen LogP contribution is -2.33. The Balaban J connectivity index is 2.20. The van der Waals surface area contributed by atoms with E-state index < -0.39 is 0 Å². The van der Waals surface area contributed by atoms with Gasteiger partial charge in [-0.3, -0.25) is 9.36 Å². The van der Waals surface area contributed by atoms with Crippen LogP contribution in [0.2, 0.25) is 0 Å². The molecule has 4 rings (SSSR count). The van der Waals surface area contributed by atoms with Gasteiger partial charge in [-0.2, -0.15) is 0 Å². The first kappa shape index (κ1) is 12.3. The lowest BCUT2D eigenvalue weighted by atomic mass is 9.98. The molecule has 1 aliphatic rings. The first-order valence-electron chi connectivity index (χ1n) is 7.03. The topological polar surface area (TPSA) is 60.9 Å². The SMILES string of the molecule is Cc1cccc2nc3n(c(=O)c12)-c1ccccc1CC3N. The van der Waals surface area contributed by atoms with Crippen molar-refractivity contribution < 1.29 is 0 Å². The van der Waals surface area contributed by atoms with Gasteiger partial charge in [0.25, 0.3) is 5.56 Å². The van der Waals surface area contributed by atoms with Crippen LogP contribution in [0.15, 0.2) is 47.3 Å². The first-order valence-corrected chi connectivity index (χ1v) is 7.03. The Morgan fingerprint density at radius 2 is 2.00 bits per heavy atom. The monoisotopic (exact) mass is 277 g/mol. The molecule has 4 nitrogen and oxygen atoms in total. The van der Waals surface area contributed by atoms with E-state index in [1.165, 1.54) is 0 Å². The third-order valence-electron chi connectivity index (χ3n) is 4.14. The van der Waals surface area contributed by atoms with E-state index in [0.29, 0.717) is 17.6 Å². The van der Waals surface area contributed by atoms with Crippen molar-refractivity contribution in [2.45, 2.75) is 19.4 Å². The minimum Gasteiger partial charge on any atom is -0.321 e. The van der Waals surface area contributed by atoms with Crippen LogP contribution < -0.4 is 11.3 Å². The second-order valence-electron chi connectivity index (χ2n) is 5.52. The molecule has 0 saturated heterocycles. The molecule has 2 N–H and O–H groups in total. The molecule has 3 aromatic rings. The Labute approximate surface area is 121 Å². The number of nitrogens with zero attached hydrogens (tertiary/aromatic N) is 2. The second kappa shape index (κ2) is 4.27. The molecule has 0 saturated carbocycles. The van der Waals surface area contributed by atoms with Gasteiger partial charge in [-0.1, -0.05) is 30.3 Å². The zero-order chi connectivity index (χ0) is 14.6. The zero-order valence-electron chi connectivity index (χ0n) is 11.7. The van der Waals surface area contributed by atoms with Crippen LogP contribution in [0.4, 0.5) is 0 Å². The van der Waals surface area contributed by atoms with E-state index in [9.17, 15) is 4.79 Å². The summed E-state index contributed by atoms with van der Waals surface area (Å²) in [5, 5.41) is 0.671. The number of hydrogen-bond donors (Lipinski definition) is 1. The molecule has 0 spiro atoms. The number of para-hydroxylation sites is 1. The van der Waals surface area contributed by atoms with Crippen LogP contribution >= 0.6 is 0 Å². The van der Waals surface area contributed by atoms with Crippen LogP contribution in [0.1, 0.15) is 23.0 Å². The molecular formula is C17H15N3O. The van der Waals surface area contributed by atoms with Crippen molar-refractivity contribution in [3.8, 4) is 5.69 Å². The predicted molar refractivity (Wildman–Crippen MR) is 82.7 cm³/mol. The molecule has 4 heteroatoms. The molecule has 0 fully saturated rings. The van der Waals surface area contributed by atoms with Crippen molar-refractivity contribution in [3.63, 3.8) is 0 Å². The van der Waals surface area contributed by atoms with Crippen molar-refractivity contribution in [2.24, 2.45) is 5.73 Å². The molecule has 1 aliphatic heterocycles. The summed E-state index contributed by atoms with van der Waals surface area (Å²) in [5.41, 5.74) is 9.86. The van der Waals surface area contributed by atoms with Gasteiger partial charge in [0, 0.05) is 0 Å². The third kappa shape index (κ3) is 1.66. The van der Waals surface area contributed by atoms with E-state index in [2.05, 4.69) is 4.98 Å². The minimum atomic E-state index is -0.252. The van der Waals surface area contributed by atoms with Crippen LogP contribution in [0.5, 0.6) is 0 Å². The maximum absolute atomic E-state index is 13.0. The normalized spacial score (nSPS) is 16.6. The molecular weight excluding hydrogens is 262 g/mol. The highest BCUT2D eigenvalue weighted by atomic mass is 16.1. The summed E-state index contributed by atoms with van der Waals surface area (Å²) in [7, 11) is 0. The number of aryl methyl sites for hydroxylation is 1. The molecule has 0 bridgehead atoms. The molecule has 1 atom stereocenters. The number of nitrogens with two attached hydrogens (primary N) is 1. The Kier molecular flexibility index (Phi) is 2.50. The molecule has 1 unspecified atom stereocenters. The molecule has 0 amide bonds. The summed E-state index contributed by atoms with van der Waals surface area (Å²) in [6.45, 7) is 1.94. The summed E-state index contributed by atoms with van der Waals surface area (Å²) < 4.78 is 1.68. The van der Waals surface area contributed by atoms with E-state index in [-0.39, 0.29) is 11.6 Å². The van der Waals surface area contributed by atoms with Crippen molar-refractivity contribution in [1.82, 2.24) is 9.55 Å². The molecule has 2 aromatic carbocycles. The van der Waals surface area contributed by atoms with Crippen LogP contribution in [0.3, 0.4) is 0 Å². The number of fused-ring (bicyclic) bond motifs is 4. The molecule has 21 heavy (non-hydrogen) atoms. The lowest BCUT2D eigenvalue weighted by molar-refractivity contribution is 0.607. The summed E-state index contributed by atoms with van der Waals surface area (Å²) in [6.07, 6.45) is 0.708. The second-order valence-corrected chi connectivity index (χ2v) is 5.52. The molecule has 2 heterocycles. The fraction of sp³-hybridized carbons (Fsp3) is 0.176. The Bertz CT molecular complexity index is 927. The highest BCUT2D eigenvalue weighted by molar-refractivity contribution is 5.81. The standard InChI is InChI=1S/C17H15N3O/c1-10-5-4-7-13-15(10)17(21)20-14-8-3-2-6-11(14)9-12(18)16(20)19-13/h2-8,12H,9,18H2,1H3. The van der Waals surface area contributed by atoms with E-state index in [1.807, 2.05) is 49.4 Å². The number of hydrogen-bond acceptors (Lipinski definition) is 3. The molecule has 0 aliphatic carbocycles. The quantitative estimate of drug-likeness (QED) is 0.685. The van der Waals surface area contributed by atoms with Gasteiger partial charge in [-0.05, 0) is 36.6 Å². The van der Waals surface area contributed by atoms with Crippen LogP contribution in [-0.4, -0.2) is 9.55 Å². The Morgan fingerprint density at radius 3 is 2.86 bits per heavy atom. The first-order chi connectivity index (χ1) is 10.2. The average Bonchev–Trinajstić information content (AvgIpc) is 2.47. The minimum absolute atomic E-state index is 0.0318. The van der Waals surface area contributed by atoms with Gasteiger partial charge in [0.2, 0.25) is 0 Å². The Morgan fingerprint density at radius 1 is 1.19 bits per heavy atom. The van der Waals surface area contributed by atoms with Gasteiger partial charge in [0.05, 0.1) is 22.6 Å². The number of rotatable bonds is 0. The highest BCUT2D eigenvalue weighted by Gasteiger charge is 2.25. The summed E-state index contributed by atoms with van der Waals surface area (Å²) in [6, 6.07) is 13.4. The van der Waals surface area contributed by atoms with Crippen LogP contribution in [-0.2, 0) is 6.42 Å². The largest absolute Gasteiger partial charge is 0.321 e. The van der Waals surface area contributed by atoms with Gasteiger partial charge in [0.1, 0.15) is 5.82 Å². The van der Waals surface area contributed by atoms with Crippen molar-refractivity contribution in [2.75, 3.05) is 0 Å². The summed E-state index contributed by atoms with van der Waals surface area (Å²) in [4.78, 5) is 17.6. The predicted octanol–water partition coefficient (Wildman–Crippen LogP) is 2.25. The van der Waals surface area contributed by atoms with Gasteiger partial charge in [-0.15, -0.1) is 0 Å². The van der Waals surface area contributed by atoms with E-state index in [4.69, 9.17) is 5.73 Å². The van der Waals surface area contributed by atoms with Crippen molar-refractivity contribution >= 4 is 10.9 Å². The van der Waals surface area contributed by atoms with E-state index in [1.54, 1.807) is 4.57 Å². The van der Waals surface area contributed by atoms with Crippen LogP contribution in [0.25, 0.3) is 16.6 Å². The van der Waals surface area contributed by atoms with Crippen LogP contribution in [0, 0.1) is 6.92 Å². The van der Waals surface area contributed by atoms with Gasteiger partial charge in [0.15, 0.2) is 0 Å². The van der Waals surface area contributed by atoms with Crippen molar-refractivity contribution in [3.05, 3.63) is 69.8 Å². The van der Waals surface area contributed by atoms with Gasteiger partial charge >= 0.3 is 0 Å². The maximum atomic E-state index is 13.0. The summed E-state index contributed by atoms with van der Waals surface area (Å²) >= 11 is 0. The third-order valence-corrected chi connectivity index (χ3v) is 4.14. The Hall–Kier alpha value is -2.46. The number of aromatic nitrogens is 2. The van der Waals surface area contributed by atoms with E-state index in [0.717, 1.165) is 22.3 Å². The maximum Gasteiger partial charge on any atom is 0.266 e. The lowest BCUT2D eigenvalue weighted by Gasteiger charge is -2.26. The molecule has 1 aromatic heterocycles. The number of benzene rings is 2. The van der Waals surface area contributed by atoms with Gasteiger partial charge in [-0.25, -0.2) is 4.98 Å². The smallest absolute Gasteiger partial charge is 0.266 e. The van der Waals surface area contributed by atoms with Gasteiger partial charge < -0.3 is 5.73 Å². The fourth-order valence-electron chi connectivity index (χ4n) is 3.12. The van der Waals surface area contributed by atoms with Crippen molar-refractivity contribution in [1.29, 1.82) is 0 Å². The summed E-state index contributed by atoms with van der Waals surface area (Å²) in [5.74, 6) is 0.650. The zero-order valence-corrected chi connectivity index (χ0v) is 11.7.